The van der Waals surface area contributed by atoms with Crippen molar-refractivity contribution >= 4 is 17.2 Å². The second-order valence-electron chi connectivity index (χ2n) is 3.78. The van der Waals surface area contributed by atoms with E-state index in [1.165, 1.54) is 12.1 Å². The Hall–Kier alpha value is -2.10. The molecular weight excluding hydrogens is 223 g/mol. The number of phenolic OH excluding ortho intramolecular Hbond substituents is 1. The van der Waals surface area contributed by atoms with E-state index in [9.17, 15) is 14.3 Å². The smallest absolute Gasteiger partial charge is 0.293 e. The Morgan fingerprint density at radius 2 is 2.18 bits per heavy atom. The lowest BCUT2D eigenvalue weighted by molar-refractivity contribution is -0.129. The number of ether oxygens (including phenoxy) is 1. The van der Waals surface area contributed by atoms with Gasteiger partial charge in [-0.15, -0.1) is 0 Å². The number of carbonyl (C=O) groups is 1. The van der Waals surface area contributed by atoms with Crippen molar-refractivity contribution in [1.82, 2.24) is 0 Å². The normalized spacial score (nSPS) is 10.5. The number of hydrogen-bond donors (Lipinski definition) is 1. The van der Waals surface area contributed by atoms with Gasteiger partial charge >= 0.3 is 0 Å². The van der Waals surface area contributed by atoms with Crippen LogP contribution in [0.3, 0.4) is 0 Å². The van der Waals surface area contributed by atoms with Gasteiger partial charge in [0.05, 0.1) is 0 Å². The van der Waals surface area contributed by atoms with Crippen molar-refractivity contribution in [3.05, 3.63) is 41.2 Å². The average molecular weight is 234 g/mol. The van der Waals surface area contributed by atoms with Crippen LogP contribution in [0, 0.1) is 12.7 Å². The molecule has 0 atom stereocenters. The highest BCUT2D eigenvalue weighted by Gasteiger charge is 2.10. The molecule has 17 heavy (non-hydrogen) atoms. The second kappa shape index (κ2) is 4.41. The zero-order valence-electron chi connectivity index (χ0n) is 9.24. The van der Waals surface area contributed by atoms with Crippen LogP contribution in [0.2, 0.25) is 0 Å². The van der Waals surface area contributed by atoms with Crippen molar-refractivity contribution in [2.24, 2.45) is 0 Å². The van der Waals surface area contributed by atoms with E-state index in [0.29, 0.717) is 28.4 Å². The van der Waals surface area contributed by atoms with Crippen LogP contribution in [0.15, 0.2) is 24.3 Å². The fourth-order valence-electron chi connectivity index (χ4n) is 1.78. The molecule has 0 aliphatic carbocycles. The van der Waals surface area contributed by atoms with Crippen LogP contribution in [0.4, 0.5) is 4.39 Å². The minimum Gasteiger partial charge on any atom is -0.507 e. The Bertz CT molecular complexity index is 578. The molecule has 2 rings (SSSR count). The topological polar surface area (TPSA) is 46.5 Å². The van der Waals surface area contributed by atoms with Crippen molar-refractivity contribution in [3.8, 4) is 5.75 Å². The summed E-state index contributed by atoms with van der Waals surface area (Å²) >= 11 is 0. The average Bonchev–Trinajstić information content (AvgIpc) is 2.33. The van der Waals surface area contributed by atoms with Crippen molar-refractivity contribution in [1.29, 1.82) is 0 Å². The third-order valence-corrected chi connectivity index (χ3v) is 2.74. The van der Waals surface area contributed by atoms with Crippen molar-refractivity contribution in [2.45, 2.75) is 13.5 Å². The third-order valence-electron chi connectivity index (χ3n) is 2.74. The van der Waals surface area contributed by atoms with Crippen LogP contribution < -0.4 is 0 Å². The molecule has 4 heteroatoms. The molecule has 0 amide bonds. The van der Waals surface area contributed by atoms with Gasteiger partial charge < -0.3 is 9.84 Å². The van der Waals surface area contributed by atoms with E-state index in [2.05, 4.69) is 4.74 Å². The Morgan fingerprint density at radius 3 is 2.88 bits per heavy atom. The minimum absolute atomic E-state index is 0.0199. The zero-order valence-corrected chi connectivity index (χ0v) is 9.24. The van der Waals surface area contributed by atoms with Gasteiger partial charge in [-0.05, 0) is 41.6 Å². The van der Waals surface area contributed by atoms with Crippen molar-refractivity contribution in [2.75, 3.05) is 0 Å². The first-order chi connectivity index (χ1) is 8.13. The second-order valence-corrected chi connectivity index (χ2v) is 3.78. The van der Waals surface area contributed by atoms with Gasteiger partial charge in [-0.3, -0.25) is 4.79 Å². The molecule has 0 aliphatic rings. The standard InChI is InChI=1S/C13H11FO3/c1-8-10(6-17-7-15)4-9-2-3-11(14)5-12(9)13(8)16/h2-5,7,16H,6H2,1H3. The molecule has 0 aromatic heterocycles. The summed E-state index contributed by atoms with van der Waals surface area (Å²) in [5.41, 5.74) is 1.29. The lowest BCUT2D eigenvalue weighted by Gasteiger charge is -2.10. The van der Waals surface area contributed by atoms with Gasteiger partial charge in [0.2, 0.25) is 0 Å². The van der Waals surface area contributed by atoms with Gasteiger partial charge in [0.25, 0.3) is 6.47 Å². The summed E-state index contributed by atoms with van der Waals surface area (Å²) in [5.74, 6) is -0.379. The van der Waals surface area contributed by atoms with Gasteiger partial charge in [-0.2, -0.15) is 0 Å². The molecule has 0 saturated heterocycles. The number of fused-ring (bicyclic) bond motifs is 1. The number of halogens is 1. The first-order valence-corrected chi connectivity index (χ1v) is 5.09. The molecule has 3 nitrogen and oxygen atoms in total. The molecule has 0 saturated carbocycles. The lowest BCUT2D eigenvalue weighted by atomic mass is 10.0. The van der Waals surface area contributed by atoms with E-state index in [1.54, 1.807) is 19.1 Å². The van der Waals surface area contributed by atoms with Crippen molar-refractivity contribution in [3.63, 3.8) is 0 Å². The number of rotatable bonds is 3. The van der Waals surface area contributed by atoms with E-state index in [4.69, 9.17) is 0 Å². The summed E-state index contributed by atoms with van der Waals surface area (Å²) in [5, 5.41) is 11.1. The summed E-state index contributed by atoms with van der Waals surface area (Å²) < 4.78 is 17.7. The quantitative estimate of drug-likeness (QED) is 0.830. The Balaban J connectivity index is 2.61. The highest BCUT2D eigenvalue weighted by molar-refractivity contribution is 5.90. The molecule has 2 aromatic carbocycles. The Morgan fingerprint density at radius 1 is 1.41 bits per heavy atom. The van der Waals surface area contributed by atoms with E-state index in [1.807, 2.05) is 0 Å². The fraction of sp³-hybridized carbons (Fsp3) is 0.154. The number of aromatic hydroxyl groups is 1. The zero-order chi connectivity index (χ0) is 12.4. The van der Waals surface area contributed by atoms with Crippen LogP contribution in [-0.4, -0.2) is 11.6 Å². The maximum atomic E-state index is 13.1. The molecular formula is C13H11FO3. The molecule has 1 N–H and O–H groups in total. The number of carbonyl (C=O) groups excluding carboxylic acids is 1. The summed E-state index contributed by atoms with van der Waals surface area (Å²) in [4.78, 5) is 10.1. The summed E-state index contributed by atoms with van der Waals surface area (Å²) in [6.45, 7) is 2.14. The Labute approximate surface area is 97.4 Å². The van der Waals surface area contributed by atoms with Crippen LogP contribution in [-0.2, 0) is 16.1 Å². The molecule has 0 radical (unpaired) electrons. The summed E-state index contributed by atoms with van der Waals surface area (Å²) in [7, 11) is 0. The summed E-state index contributed by atoms with van der Waals surface area (Å²) in [6, 6.07) is 5.95. The minimum atomic E-state index is -0.399. The summed E-state index contributed by atoms with van der Waals surface area (Å²) in [6.07, 6.45) is 0. The highest BCUT2D eigenvalue weighted by atomic mass is 19.1. The molecule has 2 aromatic rings. The predicted octanol–water partition coefficient (Wildman–Crippen LogP) is 2.67. The molecule has 0 aliphatic heterocycles. The molecule has 0 heterocycles. The first-order valence-electron chi connectivity index (χ1n) is 5.09. The van der Waals surface area contributed by atoms with Gasteiger partial charge in [0.15, 0.2) is 0 Å². The highest BCUT2D eigenvalue weighted by Crippen LogP contribution is 2.32. The molecule has 0 bridgehead atoms. The third kappa shape index (κ3) is 2.06. The molecule has 88 valence electrons. The largest absolute Gasteiger partial charge is 0.507 e. The maximum absolute atomic E-state index is 13.1. The van der Waals surface area contributed by atoms with Crippen LogP contribution in [0.5, 0.6) is 5.75 Å². The van der Waals surface area contributed by atoms with E-state index in [0.717, 1.165) is 0 Å². The van der Waals surface area contributed by atoms with E-state index in [-0.39, 0.29) is 12.4 Å². The van der Waals surface area contributed by atoms with Crippen LogP contribution in [0.25, 0.3) is 10.8 Å². The van der Waals surface area contributed by atoms with E-state index >= 15 is 0 Å². The van der Waals surface area contributed by atoms with E-state index < -0.39 is 5.82 Å². The maximum Gasteiger partial charge on any atom is 0.293 e. The SMILES string of the molecule is Cc1c(COC=O)cc2ccc(F)cc2c1O. The van der Waals surface area contributed by atoms with Gasteiger partial charge in [0.1, 0.15) is 18.2 Å². The monoisotopic (exact) mass is 234 g/mol. The van der Waals surface area contributed by atoms with Gasteiger partial charge in [-0.25, -0.2) is 4.39 Å². The van der Waals surface area contributed by atoms with Crippen LogP contribution in [0.1, 0.15) is 11.1 Å². The predicted molar refractivity (Wildman–Crippen MR) is 61.2 cm³/mol. The molecule has 0 unspecified atom stereocenters. The van der Waals surface area contributed by atoms with Crippen LogP contribution >= 0.6 is 0 Å². The molecule has 0 fully saturated rings. The van der Waals surface area contributed by atoms with Gasteiger partial charge in [-0.1, -0.05) is 6.07 Å². The van der Waals surface area contributed by atoms with Gasteiger partial charge in [0, 0.05) is 5.39 Å². The number of hydrogen-bond acceptors (Lipinski definition) is 3. The number of benzene rings is 2. The Kier molecular flexibility index (Phi) is 2.95. The lowest BCUT2D eigenvalue weighted by Crippen LogP contribution is -1.95. The van der Waals surface area contributed by atoms with Crippen molar-refractivity contribution < 1.29 is 19.0 Å². The fourth-order valence-corrected chi connectivity index (χ4v) is 1.78. The first kappa shape index (κ1) is 11.4. The number of phenols is 1. The molecule has 0 spiro atoms.